The van der Waals surface area contributed by atoms with Gasteiger partial charge in [-0.25, -0.2) is 9.78 Å². The fourth-order valence-electron chi connectivity index (χ4n) is 2.11. The Morgan fingerprint density at radius 3 is 2.76 bits per heavy atom. The summed E-state index contributed by atoms with van der Waals surface area (Å²) in [4.78, 5) is 21.2. The number of hydrogen-bond donors (Lipinski definition) is 0. The molecule has 1 aromatic heterocycles. The molecule has 0 bridgehead atoms. The fourth-order valence-corrected chi connectivity index (χ4v) is 2.95. The van der Waals surface area contributed by atoms with E-state index in [1.165, 1.54) is 6.42 Å². The van der Waals surface area contributed by atoms with E-state index in [2.05, 4.69) is 4.98 Å². The minimum atomic E-state index is 0.149. The van der Waals surface area contributed by atoms with Crippen molar-refractivity contribution >= 4 is 17.4 Å². The standard InChI is InChI=1S/C12H19N3OS/c1-10-13-8-11(17-10)9-14(2)12(16)15-6-4-3-5-7-15/h8H,3-7,9H2,1-2H3. The second-order valence-electron chi connectivity index (χ2n) is 4.53. The van der Waals surface area contributed by atoms with E-state index in [4.69, 9.17) is 0 Å². The van der Waals surface area contributed by atoms with Crippen LogP contribution < -0.4 is 0 Å². The lowest BCUT2D eigenvalue weighted by Gasteiger charge is -2.30. The van der Waals surface area contributed by atoms with Gasteiger partial charge in [0.25, 0.3) is 0 Å². The highest BCUT2D eigenvalue weighted by Crippen LogP contribution is 2.16. The van der Waals surface area contributed by atoms with Crippen LogP contribution in [0.15, 0.2) is 6.20 Å². The summed E-state index contributed by atoms with van der Waals surface area (Å²) in [6.45, 7) is 4.47. The number of hydrogen-bond acceptors (Lipinski definition) is 3. The molecule has 17 heavy (non-hydrogen) atoms. The Balaban J connectivity index is 1.90. The van der Waals surface area contributed by atoms with Crippen molar-refractivity contribution in [3.8, 4) is 0 Å². The molecule has 0 aromatic carbocycles. The van der Waals surface area contributed by atoms with Crippen molar-refractivity contribution < 1.29 is 4.79 Å². The summed E-state index contributed by atoms with van der Waals surface area (Å²) in [5, 5.41) is 1.05. The van der Waals surface area contributed by atoms with E-state index in [1.54, 1.807) is 16.2 Å². The van der Waals surface area contributed by atoms with Crippen LogP contribution in [0.1, 0.15) is 29.1 Å². The molecule has 5 heteroatoms. The van der Waals surface area contributed by atoms with Crippen LogP contribution in [0.4, 0.5) is 4.79 Å². The lowest BCUT2D eigenvalue weighted by Crippen LogP contribution is -2.43. The van der Waals surface area contributed by atoms with Gasteiger partial charge in [-0.1, -0.05) is 0 Å². The van der Waals surface area contributed by atoms with Crippen LogP contribution in [-0.2, 0) is 6.54 Å². The molecule has 0 spiro atoms. The molecular formula is C12H19N3OS. The number of amides is 2. The molecule has 94 valence electrons. The molecule has 0 N–H and O–H groups in total. The molecule has 0 aliphatic carbocycles. The molecule has 1 saturated heterocycles. The van der Waals surface area contributed by atoms with Gasteiger partial charge in [-0.15, -0.1) is 11.3 Å². The van der Waals surface area contributed by atoms with Gasteiger partial charge in [0, 0.05) is 31.2 Å². The van der Waals surface area contributed by atoms with Crippen molar-refractivity contribution in [2.24, 2.45) is 0 Å². The number of carbonyl (C=O) groups is 1. The van der Waals surface area contributed by atoms with Gasteiger partial charge < -0.3 is 9.80 Å². The van der Waals surface area contributed by atoms with Gasteiger partial charge in [-0.3, -0.25) is 0 Å². The first-order valence-electron chi connectivity index (χ1n) is 6.08. The van der Waals surface area contributed by atoms with Crippen molar-refractivity contribution in [3.63, 3.8) is 0 Å². The molecule has 0 unspecified atom stereocenters. The van der Waals surface area contributed by atoms with E-state index < -0.39 is 0 Å². The third-order valence-corrected chi connectivity index (χ3v) is 3.91. The second kappa shape index (κ2) is 5.49. The first kappa shape index (κ1) is 12.4. The lowest BCUT2D eigenvalue weighted by molar-refractivity contribution is 0.151. The van der Waals surface area contributed by atoms with E-state index >= 15 is 0 Å². The molecule has 0 radical (unpaired) electrons. The molecule has 4 nitrogen and oxygen atoms in total. The molecule has 0 saturated carbocycles. The number of likely N-dealkylation sites (tertiary alicyclic amines) is 1. The molecule has 0 atom stereocenters. The van der Waals surface area contributed by atoms with E-state index in [-0.39, 0.29) is 6.03 Å². The van der Waals surface area contributed by atoms with Crippen LogP contribution >= 0.6 is 11.3 Å². The Labute approximate surface area is 106 Å². The van der Waals surface area contributed by atoms with Gasteiger partial charge in [0.2, 0.25) is 0 Å². The number of carbonyl (C=O) groups excluding carboxylic acids is 1. The summed E-state index contributed by atoms with van der Waals surface area (Å²) in [5.41, 5.74) is 0. The topological polar surface area (TPSA) is 36.4 Å². The molecule has 2 rings (SSSR count). The van der Waals surface area contributed by atoms with Crippen molar-refractivity contribution in [1.29, 1.82) is 0 Å². The van der Waals surface area contributed by atoms with Crippen molar-refractivity contribution in [2.45, 2.75) is 32.7 Å². The molecule has 1 fully saturated rings. The minimum absolute atomic E-state index is 0.149. The predicted octanol–water partition coefficient (Wildman–Crippen LogP) is 2.49. The summed E-state index contributed by atoms with van der Waals surface area (Å²) in [5.74, 6) is 0. The zero-order chi connectivity index (χ0) is 12.3. The fraction of sp³-hybridized carbons (Fsp3) is 0.667. The van der Waals surface area contributed by atoms with E-state index in [0.717, 1.165) is 35.8 Å². The normalized spacial score (nSPS) is 16.0. The molecule has 2 heterocycles. The maximum Gasteiger partial charge on any atom is 0.320 e. The van der Waals surface area contributed by atoms with Crippen molar-refractivity contribution in [2.75, 3.05) is 20.1 Å². The summed E-state index contributed by atoms with van der Waals surface area (Å²) in [6, 6.07) is 0.149. The predicted molar refractivity (Wildman–Crippen MR) is 69.1 cm³/mol. The van der Waals surface area contributed by atoms with Gasteiger partial charge in [0.1, 0.15) is 0 Å². The second-order valence-corrected chi connectivity index (χ2v) is 5.85. The van der Waals surface area contributed by atoms with Gasteiger partial charge in [0.05, 0.1) is 11.6 Å². The largest absolute Gasteiger partial charge is 0.325 e. The minimum Gasteiger partial charge on any atom is -0.325 e. The van der Waals surface area contributed by atoms with Crippen LogP contribution in [0.3, 0.4) is 0 Å². The van der Waals surface area contributed by atoms with Gasteiger partial charge in [0.15, 0.2) is 0 Å². The number of urea groups is 1. The highest BCUT2D eigenvalue weighted by Gasteiger charge is 2.20. The number of rotatable bonds is 2. The Hall–Kier alpha value is -1.10. The number of thiazole rings is 1. The van der Waals surface area contributed by atoms with E-state index in [1.807, 2.05) is 25.1 Å². The Morgan fingerprint density at radius 2 is 2.18 bits per heavy atom. The Kier molecular flexibility index (Phi) is 3.99. The third-order valence-electron chi connectivity index (χ3n) is 3.02. The van der Waals surface area contributed by atoms with Crippen LogP contribution in [-0.4, -0.2) is 41.0 Å². The molecule has 1 aliphatic rings. The Morgan fingerprint density at radius 1 is 1.47 bits per heavy atom. The summed E-state index contributed by atoms with van der Waals surface area (Å²) < 4.78 is 0. The van der Waals surface area contributed by atoms with Crippen molar-refractivity contribution in [1.82, 2.24) is 14.8 Å². The monoisotopic (exact) mass is 253 g/mol. The molecule has 1 aliphatic heterocycles. The summed E-state index contributed by atoms with van der Waals surface area (Å²) >= 11 is 1.66. The summed E-state index contributed by atoms with van der Waals surface area (Å²) in [6.07, 6.45) is 5.39. The number of aromatic nitrogens is 1. The first-order chi connectivity index (χ1) is 8.16. The number of piperidine rings is 1. The SMILES string of the molecule is Cc1ncc(CN(C)C(=O)N2CCCCC2)s1. The smallest absolute Gasteiger partial charge is 0.320 e. The van der Waals surface area contributed by atoms with Crippen LogP contribution in [0.2, 0.25) is 0 Å². The average Bonchev–Trinajstić information content (AvgIpc) is 2.75. The van der Waals surface area contributed by atoms with Crippen molar-refractivity contribution in [3.05, 3.63) is 16.1 Å². The van der Waals surface area contributed by atoms with Gasteiger partial charge in [-0.05, 0) is 26.2 Å². The van der Waals surface area contributed by atoms with Crippen LogP contribution in [0, 0.1) is 6.92 Å². The molecule has 2 amide bonds. The molecular weight excluding hydrogens is 234 g/mol. The van der Waals surface area contributed by atoms with Crippen LogP contribution in [0.25, 0.3) is 0 Å². The zero-order valence-corrected chi connectivity index (χ0v) is 11.3. The number of aryl methyl sites for hydroxylation is 1. The van der Waals surface area contributed by atoms with Gasteiger partial charge >= 0.3 is 6.03 Å². The Bertz CT molecular complexity index is 385. The quantitative estimate of drug-likeness (QED) is 0.812. The van der Waals surface area contributed by atoms with E-state index in [9.17, 15) is 4.79 Å². The first-order valence-corrected chi connectivity index (χ1v) is 6.90. The average molecular weight is 253 g/mol. The highest BCUT2D eigenvalue weighted by molar-refractivity contribution is 7.11. The number of nitrogens with zero attached hydrogens (tertiary/aromatic N) is 3. The maximum absolute atomic E-state index is 12.1. The van der Waals surface area contributed by atoms with Gasteiger partial charge in [-0.2, -0.15) is 0 Å². The zero-order valence-electron chi connectivity index (χ0n) is 10.5. The summed E-state index contributed by atoms with van der Waals surface area (Å²) in [7, 11) is 1.87. The van der Waals surface area contributed by atoms with E-state index in [0.29, 0.717) is 6.54 Å². The highest BCUT2D eigenvalue weighted by atomic mass is 32.1. The maximum atomic E-state index is 12.1. The molecule has 1 aromatic rings. The third kappa shape index (κ3) is 3.19. The lowest BCUT2D eigenvalue weighted by atomic mass is 10.1. The van der Waals surface area contributed by atoms with Crippen LogP contribution in [0.5, 0.6) is 0 Å².